The van der Waals surface area contributed by atoms with Gasteiger partial charge in [-0.2, -0.15) is 0 Å². The average molecular weight is 366 g/mol. The molecule has 24 heavy (non-hydrogen) atoms. The highest BCUT2D eigenvalue weighted by Gasteiger charge is 2.21. The van der Waals surface area contributed by atoms with Crippen molar-refractivity contribution in [2.75, 3.05) is 19.8 Å². The van der Waals surface area contributed by atoms with Crippen LogP contribution in [0.25, 0.3) is 0 Å². The van der Waals surface area contributed by atoms with E-state index in [9.17, 15) is 4.79 Å². The number of nitrogens with zero attached hydrogens (tertiary/aromatic N) is 1. The van der Waals surface area contributed by atoms with E-state index >= 15 is 0 Å². The summed E-state index contributed by atoms with van der Waals surface area (Å²) in [4.78, 5) is 14.5. The molecule has 0 spiro atoms. The van der Waals surface area contributed by atoms with Gasteiger partial charge in [-0.1, -0.05) is 35.3 Å². The first-order valence-corrected chi connectivity index (χ1v) is 8.47. The molecule has 0 radical (unpaired) electrons. The summed E-state index contributed by atoms with van der Waals surface area (Å²) in [5.41, 5.74) is 1.38. The SMILES string of the molecule is CCN(Cc1cccc2c1OCCO2)C(=O)c1cc(Cl)cc(Cl)c1. The molecule has 0 N–H and O–H groups in total. The van der Waals surface area contributed by atoms with Crippen LogP contribution in [0.4, 0.5) is 0 Å². The molecule has 1 aliphatic heterocycles. The fraction of sp³-hybridized carbons (Fsp3) is 0.278. The van der Waals surface area contributed by atoms with Crippen molar-refractivity contribution in [1.29, 1.82) is 0 Å². The number of carbonyl (C=O) groups excluding carboxylic acids is 1. The van der Waals surface area contributed by atoms with Gasteiger partial charge in [-0.05, 0) is 31.2 Å². The normalized spacial score (nSPS) is 12.8. The third kappa shape index (κ3) is 3.60. The number of ether oxygens (including phenoxy) is 2. The van der Waals surface area contributed by atoms with Crippen molar-refractivity contribution in [2.24, 2.45) is 0 Å². The topological polar surface area (TPSA) is 38.8 Å². The van der Waals surface area contributed by atoms with Crippen molar-refractivity contribution in [3.8, 4) is 11.5 Å². The second kappa shape index (κ2) is 7.32. The van der Waals surface area contributed by atoms with E-state index in [2.05, 4.69) is 0 Å². The van der Waals surface area contributed by atoms with E-state index in [0.29, 0.717) is 53.4 Å². The van der Waals surface area contributed by atoms with Gasteiger partial charge in [0.05, 0.1) is 0 Å². The maximum absolute atomic E-state index is 12.8. The molecule has 1 aliphatic rings. The molecule has 0 aromatic heterocycles. The summed E-state index contributed by atoms with van der Waals surface area (Å²) in [5.74, 6) is 1.29. The monoisotopic (exact) mass is 365 g/mol. The Kier molecular flexibility index (Phi) is 5.17. The predicted octanol–water partition coefficient (Wildman–Crippen LogP) is 4.43. The van der Waals surface area contributed by atoms with Crippen molar-refractivity contribution in [2.45, 2.75) is 13.5 Å². The Balaban J connectivity index is 1.86. The minimum absolute atomic E-state index is 0.128. The summed E-state index contributed by atoms with van der Waals surface area (Å²) < 4.78 is 11.3. The van der Waals surface area contributed by atoms with Gasteiger partial charge in [0.1, 0.15) is 13.2 Å². The number of hydrogen-bond donors (Lipinski definition) is 0. The smallest absolute Gasteiger partial charge is 0.254 e. The minimum atomic E-state index is -0.128. The highest BCUT2D eigenvalue weighted by molar-refractivity contribution is 6.35. The summed E-state index contributed by atoms with van der Waals surface area (Å²) in [5, 5.41) is 0.881. The molecule has 4 nitrogen and oxygen atoms in total. The number of rotatable bonds is 4. The van der Waals surface area contributed by atoms with Crippen molar-refractivity contribution in [3.05, 3.63) is 57.6 Å². The van der Waals surface area contributed by atoms with Crippen LogP contribution in [0.5, 0.6) is 11.5 Å². The zero-order valence-electron chi connectivity index (χ0n) is 13.2. The molecule has 2 aromatic carbocycles. The predicted molar refractivity (Wildman–Crippen MR) is 94.3 cm³/mol. The van der Waals surface area contributed by atoms with Gasteiger partial charge in [0.15, 0.2) is 11.5 Å². The van der Waals surface area contributed by atoms with Crippen LogP contribution in [-0.4, -0.2) is 30.6 Å². The molecule has 6 heteroatoms. The molecular weight excluding hydrogens is 349 g/mol. The van der Waals surface area contributed by atoms with E-state index in [1.165, 1.54) is 0 Å². The van der Waals surface area contributed by atoms with Gasteiger partial charge in [-0.15, -0.1) is 0 Å². The third-order valence-electron chi connectivity index (χ3n) is 3.79. The van der Waals surface area contributed by atoms with Crippen LogP contribution in [0, 0.1) is 0 Å². The Morgan fingerprint density at radius 1 is 1.12 bits per heavy atom. The highest BCUT2D eigenvalue weighted by Crippen LogP contribution is 2.34. The minimum Gasteiger partial charge on any atom is -0.486 e. The Bertz CT molecular complexity index is 744. The van der Waals surface area contributed by atoms with Crippen molar-refractivity contribution in [3.63, 3.8) is 0 Å². The molecule has 0 saturated heterocycles. The molecule has 3 rings (SSSR count). The van der Waals surface area contributed by atoms with Gasteiger partial charge in [0.2, 0.25) is 0 Å². The quantitative estimate of drug-likeness (QED) is 0.804. The third-order valence-corrected chi connectivity index (χ3v) is 4.22. The van der Waals surface area contributed by atoms with E-state index < -0.39 is 0 Å². The molecule has 1 heterocycles. The molecule has 0 bridgehead atoms. The summed E-state index contributed by atoms with van der Waals surface area (Å²) >= 11 is 12.0. The lowest BCUT2D eigenvalue weighted by Crippen LogP contribution is -2.31. The number of para-hydroxylation sites is 1. The van der Waals surface area contributed by atoms with Gasteiger partial charge in [0.25, 0.3) is 5.91 Å². The zero-order chi connectivity index (χ0) is 17.1. The summed E-state index contributed by atoms with van der Waals surface area (Å²) in [7, 11) is 0. The lowest BCUT2D eigenvalue weighted by molar-refractivity contribution is 0.0749. The van der Waals surface area contributed by atoms with Crippen LogP contribution in [-0.2, 0) is 6.54 Å². The largest absolute Gasteiger partial charge is 0.486 e. The number of carbonyl (C=O) groups is 1. The van der Waals surface area contributed by atoms with E-state index in [1.807, 2.05) is 25.1 Å². The Morgan fingerprint density at radius 3 is 2.54 bits per heavy atom. The molecule has 1 amide bonds. The van der Waals surface area contributed by atoms with Gasteiger partial charge in [-0.25, -0.2) is 0 Å². The van der Waals surface area contributed by atoms with E-state index in [-0.39, 0.29) is 5.91 Å². The fourth-order valence-corrected chi connectivity index (χ4v) is 3.18. The molecule has 0 atom stereocenters. The summed E-state index contributed by atoms with van der Waals surface area (Å²) in [6, 6.07) is 10.6. The van der Waals surface area contributed by atoms with Crippen LogP contribution in [0.15, 0.2) is 36.4 Å². The van der Waals surface area contributed by atoms with Crippen LogP contribution in [0.1, 0.15) is 22.8 Å². The van der Waals surface area contributed by atoms with Crippen molar-refractivity contribution >= 4 is 29.1 Å². The van der Waals surface area contributed by atoms with Gasteiger partial charge < -0.3 is 14.4 Å². The van der Waals surface area contributed by atoms with E-state index in [0.717, 1.165) is 5.56 Å². The maximum Gasteiger partial charge on any atom is 0.254 e. The highest BCUT2D eigenvalue weighted by atomic mass is 35.5. The first-order valence-electron chi connectivity index (χ1n) is 7.71. The number of benzene rings is 2. The van der Waals surface area contributed by atoms with Gasteiger partial charge >= 0.3 is 0 Å². The summed E-state index contributed by atoms with van der Waals surface area (Å²) in [6.45, 7) is 3.94. The van der Waals surface area contributed by atoms with E-state index in [4.69, 9.17) is 32.7 Å². The van der Waals surface area contributed by atoms with Gasteiger partial charge in [0, 0.05) is 34.3 Å². The second-order valence-electron chi connectivity index (χ2n) is 5.42. The number of fused-ring (bicyclic) bond motifs is 1. The first kappa shape index (κ1) is 16.9. The maximum atomic E-state index is 12.8. The molecule has 0 saturated carbocycles. The first-order chi connectivity index (χ1) is 11.6. The lowest BCUT2D eigenvalue weighted by Gasteiger charge is -2.25. The van der Waals surface area contributed by atoms with Gasteiger partial charge in [-0.3, -0.25) is 4.79 Å². The Labute approximate surface area is 150 Å². The molecule has 0 fully saturated rings. The number of amides is 1. The fourth-order valence-electron chi connectivity index (χ4n) is 2.65. The van der Waals surface area contributed by atoms with Crippen LogP contribution in [0.3, 0.4) is 0 Å². The molecule has 0 aliphatic carbocycles. The van der Waals surface area contributed by atoms with E-state index in [1.54, 1.807) is 23.1 Å². The number of hydrogen-bond acceptors (Lipinski definition) is 3. The Morgan fingerprint density at radius 2 is 1.83 bits per heavy atom. The lowest BCUT2D eigenvalue weighted by atomic mass is 10.1. The average Bonchev–Trinajstić information content (AvgIpc) is 2.58. The van der Waals surface area contributed by atoms with Crippen LogP contribution >= 0.6 is 23.2 Å². The molecular formula is C18H17Cl2NO3. The van der Waals surface area contributed by atoms with Crippen LogP contribution < -0.4 is 9.47 Å². The molecule has 126 valence electrons. The van der Waals surface area contributed by atoms with Crippen molar-refractivity contribution < 1.29 is 14.3 Å². The zero-order valence-corrected chi connectivity index (χ0v) is 14.7. The standard InChI is InChI=1S/C18H17Cl2NO3/c1-2-21(18(22)13-8-14(19)10-15(20)9-13)11-12-4-3-5-16-17(12)24-7-6-23-16/h3-5,8-10H,2,6-7,11H2,1H3. The van der Waals surface area contributed by atoms with Crippen molar-refractivity contribution in [1.82, 2.24) is 4.90 Å². The molecule has 2 aromatic rings. The summed E-state index contributed by atoms with van der Waals surface area (Å²) in [6.07, 6.45) is 0. The second-order valence-corrected chi connectivity index (χ2v) is 6.29. The Hall–Kier alpha value is -1.91. The van der Waals surface area contributed by atoms with Crippen LogP contribution in [0.2, 0.25) is 10.0 Å². The molecule has 0 unspecified atom stereocenters. The number of halogens is 2.